The fourth-order valence-corrected chi connectivity index (χ4v) is 4.68. The van der Waals surface area contributed by atoms with Gasteiger partial charge in [0.15, 0.2) is 0 Å². The Morgan fingerprint density at radius 1 is 1.11 bits per heavy atom. The van der Waals surface area contributed by atoms with E-state index in [1.807, 2.05) is 41.1 Å². The average molecular weight is 439 g/mol. The molecule has 1 atom stereocenters. The van der Waals surface area contributed by atoms with E-state index in [2.05, 4.69) is 0 Å². The van der Waals surface area contributed by atoms with Crippen molar-refractivity contribution >= 4 is 52.3 Å². The van der Waals surface area contributed by atoms with Crippen LogP contribution in [-0.4, -0.2) is 13.1 Å². The van der Waals surface area contributed by atoms with Crippen molar-refractivity contribution in [3.05, 3.63) is 80.5 Å². The number of ether oxygens (including phenoxy) is 2. The Morgan fingerprint density at radius 3 is 2.41 bits per heavy atom. The van der Waals surface area contributed by atoms with Crippen molar-refractivity contribution in [3.63, 3.8) is 0 Å². The number of hydrogen-bond donors (Lipinski definition) is 0. The summed E-state index contributed by atoms with van der Waals surface area (Å²) in [5.41, 5.74) is 1.69. The van der Waals surface area contributed by atoms with Gasteiger partial charge in [0.25, 0.3) is 0 Å². The number of carbonyl (C=O) groups excluding carboxylic acids is 1. The Morgan fingerprint density at radius 2 is 1.81 bits per heavy atom. The highest BCUT2D eigenvalue weighted by Crippen LogP contribution is 2.37. The van der Waals surface area contributed by atoms with E-state index in [1.165, 1.54) is 18.9 Å². The summed E-state index contributed by atoms with van der Waals surface area (Å²) in [4.78, 5) is 13.1. The van der Waals surface area contributed by atoms with Gasteiger partial charge in [-0.3, -0.25) is 4.79 Å². The number of rotatable bonds is 7. The molecule has 1 aromatic heterocycles. The van der Waals surface area contributed by atoms with Gasteiger partial charge in [-0.2, -0.15) is 11.3 Å². The molecule has 1 unspecified atom stereocenters. The van der Waals surface area contributed by atoms with Gasteiger partial charge in [0.05, 0.1) is 7.11 Å². The first-order valence-corrected chi connectivity index (χ1v) is 10.6. The Bertz CT molecular complexity index is 876. The normalized spacial score (nSPS) is 11.8. The third-order valence-electron chi connectivity index (χ3n) is 3.78. The van der Waals surface area contributed by atoms with Crippen LogP contribution in [0.25, 0.3) is 0 Å². The third kappa shape index (κ3) is 5.20. The lowest BCUT2D eigenvalue weighted by molar-refractivity contribution is -0.140. The summed E-state index contributed by atoms with van der Waals surface area (Å²) in [6.07, 6.45) is 0. The molecular weight excluding hydrogens is 423 g/mol. The van der Waals surface area contributed by atoms with Crippen LogP contribution in [0.2, 0.25) is 10.0 Å². The molecule has 7 heteroatoms. The fraction of sp³-hybridized carbons (Fsp3) is 0.150. The number of thiophene rings is 1. The van der Waals surface area contributed by atoms with E-state index in [9.17, 15) is 4.79 Å². The zero-order chi connectivity index (χ0) is 19.2. The molecular formula is C20H16Cl2O3S2. The van der Waals surface area contributed by atoms with Crippen molar-refractivity contribution in [1.82, 2.24) is 0 Å². The second kappa shape index (κ2) is 9.51. The van der Waals surface area contributed by atoms with Crippen LogP contribution >= 0.6 is 46.3 Å². The Kier molecular flexibility index (Phi) is 7.07. The topological polar surface area (TPSA) is 35.5 Å². The van der Waals surface area contributed by atoms with E-state index in [0.717, 1.165) is 16.0 Å². The highest BCUT2D eigenvalue weighted by molar-refractivity contribution is 8.00. The van der Waals surface area contributed by atoms with Crippen molar-refractivity contribution in [2.24, 2.45) is 0 Å². The molecule has 0 saturated carbocycles. The standard InChI is InChI=1S/C20H16Cl2O3S2/c1-24-20(23)19(13-9-10-26-12-13)27-15-7-5-14(6-8-15)25-11-16-17(21)3-2-4-18(16)22/h2-10,12,19H,11H2,1H3. The molecule has 3 aromatic rings. The number of hydrogen-bond acceptors (Lipinski definition) is 5. The maximum atomic E-state index is 12.1. The first-order valence-electron chi connectivity index (χ1n) is 8.01. The second-order valence-electron chi connectivity index (χ2n) is 5.54. The molecule has 2 aromatic carbocycles. The number of benzene rings is 2. The summed E-state index contributed by atoms with van der Waals surface area (Å²) in [6.45, 7) is 0.282. The van der Waals surface area contributed by atoms with Crippen LogP contribution < -0.4 is 4.74 Å². The van der Waals surface area contributed by atoms with Gasteiger partial charge in [-0.25, -0.2) is 0 Å². The fourth-order valence-electron chi connectivity index (χ4n) is 2.36. The largest absolute Gasteiger partial charge is 0.489 e. The van der Waals surface area contributed by atoms with Crippen LogP contribution in [0.3, 0.4) is 0 Å². The summed E-state index contributed by atoms with van der Waals surface area (Å²) in [7, 11) is 1.40. The van der Waals surface area contributed by atoms with Gasteiger partial charge < -0.3 is 9.47 Å². The zero-order valence-corrected chi connectivity index (χ0v) is 17.5. The van der Waals surface area contributed by atoms with Crippen LogP contribution in [0.1, 0.15) is 16.4 Å². The van der Waals surface area contributed by atoms with Gasteiger partial charge in [-0.05, 0) is 58.8 Å². The number of halogens is 2. The van der Waals surface area contributed by atoms with Crippen LogP contribution in [-0.2, 0) is 16.1 Å². The van der Waals surface area contributed by atoms with Gasteiger partial charge in [0.2, 0.25) is 0 Å². The van der Waals surface area contributed by atoms with Gasteiger partial charge >= 0.3 is 5.97 Å². The predicted molar refractivity (Wildman–Crippen MR) is 112 cm³/mol. The van der Waals surface area contributed by atoms with Gasteiger partial charge in [-0.1, -0.05) is 29.3 Å². The summed E-state index contributed by atoms with van der Waals surface area (Å²) in [5, 5.41) is 4.66. The van der Waals surface area contributed by atoms with Crippen molar-refractivity contribution in [1.29, 1.82) is 0 Å². The minimum absolute atomic E-state index is 0.271. The summed E-state index contributed by atoms with van der Waals surface area (Å²) < 4.78 is 10.7. The highest BCUT2D eigenvalue weighted by atomic mass is 35.5. The Hall–Kier alpha value is -1.66. The maximum absolute atomic E-state index is 12.1. The number of methoxy groups -OCH3 is 1. The lowest BCUT2D eigenvalue weighted by atomic mass is 10.2. The maximum Gasteiger partial charge on any atom is 0.323 e. The molecule has 0 bridgehead atoms. The number of thioether (sulfide) groups is 1. The van der Waals surface area contributed by atoms with Crippen LogP contribution in [0.4, 0.5) is 0 Å². The molecule has 0 aliphatic heterocycles. The van der Waals surface area contributed by atoms with E-state index in [-0.39, 0.29) is 12.6 Å². The quantitative estimate of drug-likeness (QED) is 0.305. The third-order valence-corrected chi connectivity index (χ3v) is 6.44. The van der Waals surface area contributed by atoms with Crippen molar-refractivity contribution in [2.75, 3.05) is 7.11 Å². The van der Waals surface area contributed by atoms with E-state index in [4.69, 9.17) is 32.7 Å². The monoisotopic (exact) mass is 438 g/mol. The van der Waals surface area contributed by atoms with Gasteiger partial charge in [0.1, 0.15) is 17.6 Å². The lowest BCUT2D eigenvalue weighted by Crippen LogP contribution is -2.10. The second-order valence-corrected chi connectivity index (χ2v) is 8.31. The number of esters is 1. The van der Waals surface area contributed by atoms with Crippen molar-refractivity contribution in [2.45, 2.75) is 16.8 Å². The molecule has 1 heterocycles. The van der Waals surface area contributed by atoms with Crippen LogP contribution in [0.5, 0.6) is 5.75 Å². The molecule has 3 nitrogen and oxygen atoms in total. The summed E-state index contributed by atoms with van der Waals surface area (Å²) in [5.74, 6) is 0.424. The minimum atomic E-state index is -0.394. The SMILES string of the molecule is COC(=O)C(Sc1ccc(OCc2c(Cl)cccc2Cl)cc1)c1ccsc1. The van der Waals surface area contributed by atoms with E-state index in [0.29, 0.717) is 15.8 Å². The Labute approximate surface area is 176 Å². The minimum Gasteiger partial charge on any atom is -0.489 e. The first-order chi connectivity index (χ1) is 13.1. The molecule has 0 aliphatic rings. The van der Waals surface area contributed by atoms with Gasteiger partial charge in [-0.15, -0.1) is 11.8 Å². The highest BCUT2D eigenvalue weighted by Gasteiger charge is 2.23. The molecule has 3 rings (SSSR count). The Balaban J connectivity index is 1.67. The van der Waals surface area contributed by atoms with Crippen molar-refractivity contribution < 1.29 is 14.3 Å². The first kappa shape index (κ1) is 20.1. The number of carbonyl (C=O) groups is 1. The van der Waals surface area contributed by atoms with Gasteiger partial charge in [0, 0.05) is 20.5 Å². The molecule has 0 spiro atoms. The molecule has 0 N–H and O–H groups in total. The summed E-state index contributed by atoms with van der Waals surface area (Å²) >= 11 is 15.3. The molecule has 0 fully saturated rings. The molecule has 140 valence electrons. The average Bonchev–Trinajstić information content (AvgIpc) is 3.20. The molecule has 27 heavy (non-hydrogen) atoms. The molecule has 0 amide bonds. The molecule has 0 radical (unpaired) electrons. The molecule has 0 saturated heterocycles. The zero-order valence-electron chi connectivity index (χ0n) is 14.4. The van der Waals surface area contributed by atoms with E-state index in [1.54, 1.807) is 29.5 Å². The lowest BCUT2D eigenvalue weighted by Gasteiger charge is -2.14. The van der Waals surface area contributed by atoms with Crippen LogP contribution in [0.15, 0.2) is 64.2 Å². The summed E-state index contributed by atoms with van der Waals surface area (Å²) in [6, 6.07) is 14.8. The smallest absolute Gasteiger partial charge is 0.323 e. The van der Waals surface area contributed by atoms with Crippen LogP contribution in [0, 0.1) is 0 Å². The predicted octanol–water partition coefficient (Wildman–Crippen LogP) is 6.64. The molecule has 0 aliphatic carbocycles. The van der Waals surface area contributed by atoms with E-state index >= 15 is 0 Å². The van der Waals surface area contributed by atoms with E-state index < -0.39 is 5.25 Å². The van der Waals surface area contributed by atoms with Crippen molar-refractivity contribution in [3.8, 4) is 5.75 Å².